The van der Waals surface area contributed by atoms with E-state index in [1.165, 1.54) is 6.07 Å². The van der Waals surface area contributed by atoms with Gasteiger partial charge in [0.05, 0.1) is 17.5 Å². The summed E-state index contributed by atoms with van der Waals surface area (Å²) in [6, 6.07) is 4.11. The van der Waals surface area contributed by atoms with Crippen LogP contribution in [0.2, 0.25) is 0 Å². The second kappa shape index (κ2) is 4.82. The number of allylic oxidation sites excluding steroid dienone is 1. The molecule has 0 radical (unpaired) electrons. The summed E-state index contributed by atoms with van der Waals surface area (Å²) in [5.74, 6) is -0.109. The highest BCUT2D eigenvalue weighted by Crippen LogP contribution is 2.31. The predicted octanol–water partition coefficient (Wildman–Crippen LogP) is 1.67. The van der Waals surface area contributed by atoms with Gasteiger partial charge in [-0.1, -0.05) is 6.07 Å². The van der Waals surface area contributed by atoms with Gasteiger partial charge in [0.25, 0.3) is 10.0 Å². The van der Waals surface area contributed by atoms with Gasteiger partial charge >= 0.3 is 6.18 Å². The van der Waals surface area contributed by atoms with Crippen molar-refractivity contribution >= 4 is 16.2 Å². The van der Waals surface area contributed by atoms with E-state index in [4.69, 9.17) is 10.5 Å². The Labute approximate surface area is 112 Å². The topological polar surface area (TPSA) is 81.8 Å². The number of nitrogens with two attached hydrogens (primary N) is 1. The Morgan fingerprint density at radius 1 is 1.30 bits per heavy atom. The molecule has 1 aliphatic heterocycles. The number of halogens is 3. The molecule has 1 aromatic carbocycles. The van der Waals surface area contributed by atoms with Crippen LogP contribution < -0.4 is 10.5 Å². The van der Waals surface area contributed by atoms with Crippen molar-refractivity contribution in [2.24, 2.45) is 10.1 Å². The smallest absolute Gasteiger partial charge is 0.416 e. The highest BCUT2D eigenvalue weighted by molar-refractivity contribution is 7.94. The highest BCUT2D eigenvalue weighted by atomic mass is 32.2. The predicted molar refractivity (Wildman–Crippen MR) is 65.6 cm³/mol. The van der Waals surface area contributed by atoms with E-state index in [1.54, 1.807) is 0 Å². The molecule has 0 spiro atoms. The maximum atomic E-state index is 12.5. The minimum Gasteiger partial charge on any atom is -0.488 e. The Morgan fingerprint density at radius 3 is 2.55 bits per heavy atom. The minimum absolute atomic E-state index is 0.0861. The van der Waals surface area contributed by atoms with Crippen LogP contribution in [0.15, 0.2) is 39.3 Å². The summed E-state index contributed by atoms with van der Waals surface area (Å²) in [6.07, 6.45) is -3.54. The second-order valence-corrected chi connectivity index (χ2v) is 5.56. The molecule has 0 aliphatic carbocycles. The number of hydrogen-bond acceptors (Lipinski definition) is 4. The van der Waals surface area contributed by atoms with Gasteiger partial charge in [-0.3, -0.25) is 0 Å². The third kappa shape index (κ3) is 2.93. The average molecular weight is 306 g/mol. The number of ether oxygens (including phenoxy) is 1. The first-order chi connectivity index (χ1) is 9.20. The van der Waals surface area contributed by atoms with E-state index in [9.17, 15) is 21.6 Å². The minimum atomic E-state index is -4.50. The molecule has 0 bridgehead atoms. The van der Waals surface area contributed by atoms with Gasteiger partial charge in [-0.05, 0) is 18.2 Å². The number of nitrogens with zero attached hydrogens (tertiary/aromatic N) is 1. The zero-order chi connectivity index (χ0) is 15.0. The van der Waals surface area contributed by atoms with E-state index in [0.717, 1.165) is 24.4 Å². The lowest BCUT2D eigenvalue weighted by Gasteiger charge is -2.10. The van der Waals surface area contributed by atoms with Gasteiger partial charge in [0.2, 0.25) is 0 Å². The first kappa shape index (κ1) is 14.4. The summed E-state index contributed by atoms with van der Waals surface area (Å²) in [5.41, 5.74) is 4.44. The first-order valence-electron chi connectivity index (χ1n) is 5.29. The summed E-state index contributed by atoms with van der Waals surface area (Å²) >= 11 is 0. The standard InChI is InChI=1S/C11H9F3N2O3S/c12-11(13,14)7-2-1-3-8(4-7)19-6-10-9(15)5-16-20(10,17)18/h1-5H,6,15H2. The maximum Gasteiger partial charge on any atom is 0.416 e. The van der Waals surface area contributed by atoms with Crippen molar-refractivity contribution in [3.8, 4) is 5.75 Å². The van der Waals surface area contributed by atoms with E-state index in [-0.39, 0.29) is 16.4 Å². The molecule has 0 amide bonds. The Morgan fingerprint density at radius 2 is 2.00 bits per heavy atom. The molecule has 2 N–H and O–H groups in total. The molecular weight excluding hydrogens is 297 g/mol. The number of sulfonamides is 1. The van der Waals surface area contributed by atoms with E-state index in [2.05, 4.69) is 4.40 Å². The quantitative estimate of drug-likeness (QED) is 0.921. The van der Waals surface area contributed by atoms with Crippen LogP contribution in [0.4, 0.5) is 13.2 Å². The van der Waals surface area contributed by atoms with Crippen molar-refractivity contribution in [1.29, 1.82) is 0 Å². The molecule has 9 heteroatoms. The summed E-state index contributed by atoms with van der Waals surface area (Å²) in [4.78, 5) is -0.269. The molecule has 0 saturated carbocycles. The molecule has 0 unspecified atom stereocenters. The van der Waals surface area contributed by atoms with Crippen LogP contribution in [0.3, 0.4) is 0 Å². The zero-order valence-corrected chi connectivity index (χ0v) is 10.7. The third-order valence-electron chi connectivity index (χ3n) is 2.50. The van der Waals surface area contributed by atoms with Crippen molar-refractivity contribution in [2.45, 2.75) is 6.18 Å². The van der Waals surface area contributed by atoms with Crippen LogP contribution in [0.25, 0.3) is 0 Å². The lowest BCUT2D eigenvalue weighted by Crippen LogP contribution is -2.12. The monoisotopic (exact) mass is 306 g/mol. The Balaban J connectivity index is 2.15. The molecular formula is C11H9F3N2O3S. The van der Waals surface area contributed by atoms with E-state index < -0.39 is 28.4 Å². The largest absolute Gasteiger partial charge is 0.488 e. The highest BCUT2D eigenvalue weighted by Gasteiger charge is 2.31. The van der Waals surface area contributed by atoms with E-state index in [1.807, 2.05) is 0 Å². The Hall–Kier alpha value is -2.03. The Bertz CT molecular complexity index is 693. The van der Waals surface area contributed by atoms with Gasteiger partial charge in [-0.2, -0.15) is 26.0 Å². The first-order valence-corrected chi connectivity index (χ1v) is 6.73. The van der Waals surface area contributed by atoms with Crippen LogP contribution in [0.5, 0.6) is 5.75 Å². The molecule has 5 nitrogen and oxygen atoms in total. The molecule has 0 aromatic heterocycles. The van der Waals surface area contributed by atoms with Crippen LogP contribution in [-0.2, 0) is 16.2 Å². The number of benzene rings is 1. The molecule has 1 heterocycles. The van der Waals surface area contributed by atoms with Gasteiger partial charge in [0, 0.05) is 0 Å². The molecule has 0 atom stereocenters. The summed E-state index contributed by atoms with van der Waals surface area (Å²) < 4.78 is 68.6. The molecule has 1 aromatic rings. The summed E-state index contributed by atoms with van der Waals surface area (Å²) in [7, 11) is -3.87. The lowest BCUT2D eigenvalue weighted by molar-refractivity contribution is -0.137. The van der Waals surface area contributed by atoms with Gasteiger partial charge in [-0.15, -0.1) is 0 Å². The molecule has 2 rings (SSSR count). The molecule has 108 valence electrons. The lowest BCUT2D eigenvalue weighted by atomic mass is 10.2. The van der Waals surface area contributed by atoms with Crippen molar-refractivity contribution in [1.82, 2.24) is 0 Å². The number of rotatable bonds is 3. The van der Waals surface area contributed by atoms with Gasteiger partial charge < -0.3 is 10.5 Å². The van der Waals surface area contributed by atoms with Gasteiger partial charge in [0.15, 0.2) is 0 Å². The fourth-order valence-electron chi connectivity index (χ4n) is 1.48. The third-order valence-corrected chi connectivity index (χ3v) is 3.85. The maximum absolute atomic E-state index is 12.5. The normalized spacial score (nSPS) is 17.6. The van der Waals surface area contributed by atoms with Crippen LogP contribution in [-0.4, -0.2) is 21.2 Å². The zero-order valence-electron chi connectivity index (χ0n) is 9.89. The van der Waals surface area contributed by atoms with Crippen molar-refractivity contribution in [3.63, 3.8) is 0 Å². The molecule has 0 saturated heterocycles. The number of alkyl halides is 3. The number of hydrogen-bond donors (Lipinski definition) is 1. The van der Waals surface area contributed by atoms with E-state index in [0.29, 0.717) is 0 Å². The molecule has 1 aliphatic rings. The molecule has 0 fully saturated rings. The van der Waals surface area contributed by atoms with E-state index >= 15 is 0 Å². The fourth-order valence-corrected chi connectivity index (χ4v) is 2.42. The van der Waals surface area contributed by atoms with Gasteiger partial charge in [0.1, 0.15) is 17.3 Å². The summed E-state index contributed by atoms with van der Waals surface area (Å²) in [6.45, 7) is -0.477. The fraction of sp³-hybridized carbons (Fsp3) is 0.182. The van der Waals surface area contributed by atoms with Crippen LogP contribution >= 0.6 is 0 Å². The second-order valence-electron chi connectivity index (χ2n) is 3.90. The van der Waals surface area contributed by atoms with Crippen molar-refractivity contribution < 1.29 is 26.3 Å². The van der Waals surface area contributed by atoms with Crippen LogP contribution in [0, 0.1) is 0 Å². The average Bonchev–Trinajstić information content (AvgIpc) is 2.61. The van der Waals surface area contributed by atoms with Crippen molar-refractivity contribution in [3.05, 3.63) is 40.4 Å². The SMILES string of the molecule is NC1=C(COc2cccc(C(F)(F)F)c2)S(=O)(=O)N=C1. The summed E-state index contributed by atoms with van der Waals surface area (Å²) in [5, 5.41) is 0. The van der Waals surface area contributed by atoms with Gasteiger partial charge in [-0.25, -0.2) is 0 Å². The van der Waals surface area contributed by atoms with Crippen LogP contribution in [0.1, 0.15) is 5.56 Å². The van der Waals surface area contributed by atoms with Crippen molar-refractivity contribution in [2.75, 3.05) is 6.61 Å². The Kier molecular flexibility index (Phi) is 3.46. The molecule has 20 heavy (non-hydrogen) atoms.